The minimum atomic E-state index is 0. The molecule has 1 nitrogen and oxygen atoms in total. The van der Waals surface area contributed by atoms with Crippen molar-refractivity contribution in [3.8, 4) is 0 Å². The molecule has 0 heterocycles. The van der Waals surface area contributed by atoms with Gasteiger partial charge >= 0.3 is 0 Å². The standard InChI is InChI=1S/C35H73N.BrH/c1-3-5-7-9-11-13-15-17-19-21-23-25-27-29-31-35(33-34-36)32-30-28-26-24-22-20-18-16-14-12-10-8-6-4-2;/h35H,3-34,36H2,1-2H3;1H. The van der Waals surface area contributed by atoms with Crippen LogP contribution in [0.3, 0.4) is 0 Å². The Balaban J connectivity index is 0. The largest absolute Gasteiger partial charge is 0.330 e. The van der Waals surface area contributed by atoms with Crippen LogP contribution in [-0.4, -0.2) is 6.54 Å². The molecule has 0 atom stereocenters. The van der Waals surface area contributed by atoms with E-state index in [4.69, 9.17) is 5.73 Å². The average molecular weight is 589 g/mol. The third-order valence-electron chi connectivity index (χ3n) is 8.51. The maximum absolute atomic E-state index is 5.93. The van der Waals surface area contributed by atoms with Gasteiger partial charge in [0.05, 0.1) is 0 Å². The van der Waals surface area contributed by atoms with Gasteiger partial charge in [-0.1, -0.05) is 206 Å². The highest BCUT2D eigenvalue weighted by Gasteiger charge is 2.07. The molecular formula is C35H74BrN. The van der Waals surface area contributed by atoms with Crippen LogP contribution in [0.4, 0.5) is 0 Å². The minimum Gasteiger partial charge on any atom is -0.330 e. The summed E-state index contributed by atoms with van der Waals surface area (Å²) in [5.74, 6) is 0.907. The lowest BCUT2D eigenvalue weighted by Crippen LogP contribution is -2.09. The van der Waals surface area contributed by atoms with Crippen molar-refractivity contribution in [2.45, 2.75) is 213 Å². The van der Waals surface area contributed by atoms with Crippen molar-refractivity contribution in [3.05, 3.63) is 0 Å². The smallest absolute Gasteiger partial charge is 0.00746 e. The summed E-state index contributed by atoms with van der Waals surface area (Å²) in [5, 5.41) is 0. The van der Waals surface area contributed by atoms with Gasteiger partial charge in [0.2, 0.25) is 0 Å². The lowest BCUT2D eigenvalue weighted by atomic mass is 9.91. The maximum Gasteiger partial charge on any atom is -0.00746 e. The zero-order chi connectivity index (χ0) is 26.2. The summed E-state index contributed by atoms with van der Waals surface area (Å²) < 4.78 is 0. The Labute approximate surface area is 247 Å². The second-order valence-electron chi connectivity index (χ2n) is 12.2. The molecule has 0 bridgehead atoms. The molecular weight excluding hydrogens is 514 g/mol. The van der Waals surface area contributed by atoms with Gasteiger partial charge in [-0.2, -0.15) is 0 Å². The lowest BCUT2D eigenvalue weighted by molar-refractivity contribution is 0.384. The number of unbranched alkanes of at least 4 members (excludes halogenated alkanes) is 26. The number of rotatable bonds is 32. The fourth-order valence-corrected chi connectivity index (χ4v) is 5.92. The first-order chi connectivity index (χ1) is 17.8. The Morgan fingerprint density at radius 2 is 0.541 bits per heavy atom. The molecule has 2 heteroatoms. The van der Waals surface area contributed by atoms with Crippen LogP contribution < -0.4 is 5.73 Å². The molecule has 0 spiro atoms. The summed E-state index contributed by atoms with van der Waals surface area (Å²) in [6, 6.07) is 0. The van der Waals surface area contributed by atoms with Gasteiger partial charge in [0.15, 0.2) is 0 Å². The van der Waals surface area contributed by atoms with E-state index in [1.54, 1.807) is 0 Å². The van der Waals surface area contributed by atoms with Gasteiger partial charge in [0.1, 0.15) is 0 Å². The molecule has 0 radical (unpaired) electrons. The summed E-state index contributed by atoms with van der Waals surface area (Å²) in [6.07, 6.45) is 45.0. The van der Waals surface area contributed by atoms with Gasteiger partial charge in [-0.05, 0) is 18.9 Å². The number of hydrogen-bond donors (Lipinski definition) is 1. The SMILES string of the molecule is Br.CCCCCCCCCCCCCCCCC(CCN)CCCCCCCCCCCCCCCC. The fourth-order valence-electron chi connectivity index (χ4n) is 5.92. The predicted octanol–water partition coefficient (Wildman–Crippen LogP) is 13.3. The first-order valence-electron chi connectivity index (χ1n) is 17.5. The number of nitrogens with two attached hydrogens (primary N) is 1. The van der Waals surface area contributed by atoms with E-state index in [0.717, 1.165) is 12.5 Å². The second-order valence-corrected chi connectivity index (χ2v) is 12.2. The third-order valence-corrected chi connectivity index (χ3v) is 8.51. The van der Waals surface area contributed by atoms with E-state index in [-0.39, 0.29) is 17.0 Å². The molecule has 0 aromatic heterocycles. The van der Waals surface area contributed by atoms with E-state index in [0.29, 0.717) is 0 Å². The molecule has 0 saturated heterocycles. The van der Waals surface area contributed by atoms with Crippen LogP contribution in [0.2, 0.25) is 0 Å². The van der Waals surface area contributed by atoms with Crippen molar-refractivity contribution in [3.63, 3.8) is 0 Å². The summed E-state index contributed by atoms with van der Waals surface area (Å²) in [5.41, 5.74) is 5.93. The summed E-state index contributed by atoms with van der Waals surface area (Å²) in [7, 11) is 0. The summed E-state index contributed by atoms with van der Waals surface area (Å²) >= 11 is 0. The highest BCUT2D eigenvalue weighted by Crippen LogP contribution is 2.22. The zero-order valence-corrected chi connectivity index (χ0v) is 27.9. The van der Waals surface area contributed by atoms with E-state index in [2.05, 4.69) is 13.8 Å². The van der Waals surface area contributed by atoms with Crippen LogP contribution >= 0.6 is 17.0 Å². The van der Waals surface area contributed by atoms with E-state index in [9.17, 15) is 0 Å². The van der Waals surface area contributed by atoms with Crippen molar-refractivity contribution < 1.29 is 0 Å². The van der Waals surface area contributed by atoms with Gasteiger partial charge in [-0.3, -0.25) is 0 Å². The first-order valence-corrected chi connectivity index (χ1v) is 17.5. The molecule has 0 amide bonds. The normalized spacial score (nSPS) is 11.4. The average Bonchev–Trinajstić information content (AvgIpc) is 2.89. The van der Waals surface area contributed by atoms with Crippen LogP contribution in [0.25, 0.3) is 0 Å². The number of hydrogen-bond acceptors (Lipinski definition) is 1. The summed E-state index contributed by atoms with van der Waals surface area (Å²) in [4.78, 5) is 0. The van der Waals surface area contributed by atoms with Crippen molar-refractivity contribution in [2.24, 2.45) is 11.7 Å². The Kier molecular flexibility index (Phi) is 39.0. The molecule has 0 aliphatic carbocycles. The van der Waals surface area contributed by atoms with Gasteiger partial charge in [0.25, 0.3) is 0 Å². The van der Waals surface area contributed by atoms with E-state index in [1.165, 1.54) is 199 Å². The predicted molar refractivity (Wildman–Crippen MR) is 177 cm³/mol. The highest BCUT2D eigenvalue weighted by molar-refractivity contribution is 8.93. The lowest BCUT2D eigenvalue weighted by Gasteiger charge is -2.16. The van der Waals surface area contributed by atoms with Crippen LogP contribution in [0.15, 0.2) is 0 Å². The fraction of sp³-hybridized carbons (Fsp3) is 1.00. The quantitative estimate of drug-likeness (QED) is 0.0777. The summed E-state index contributed by atoms with van der Waals surface area (Å²) in [6.45, 7) is 5.50. The Morgan fingerprint density at radius 3 is 0.757 bits per heavy atom. The van der Waals surface area contributed by atoms with Crippen molar-refractivity contribution in [2.75, 3.05) is 6.54 Å². The van der Waals surface area contributed by atoms with Crippen LogP contribution in [0, 0.1) is 5.92 Å². The van der Waals surface area contributed by atoms with E-state index >= 15 is 0 Å². The molecule has 0 unspecified atom stereocenters. The topological polar surface area (TPSA) is 26.0 Å². The second kappa shape index (κ2) is 36.4. The molecule has 37 heavy (non-hydrogen) atoms. The van der Waals surface area contributed by atoms with Crippen molar-refractivity contribution in [1.82, 2.24) is 0 Å². The molecule has 0 aliphatic heterocycles. The Bertz CT molecular complexity index is 340. The molecule has 2 N–H and O–H groups in total. The Morgan fingerprint density at radius 1 is 0.324 bits per heavy atom. The number of halogens is 1. The van der Waals surface area contributed by atoms with Crippen LogP contribution in [0.5, 0.6) is 0 Å². The van der Waals surface area contributed by atoms with Crippen LogP contribution in [-0.2, 0) is 0 Å². The molecule has 0 aliphatic rings. The maximum atomic E-state index is 5.93. The van der Waals surface area contributed by atoms with Gasteiger partial charge in [0, 0.05) is 0 Å². The van der Waals surface area contributed by atoms with Gasteiger partial charge in [-0.25, -0.2) is 0 Å². The van der Waals surface area contributed by atoms with Crippen LogP contribution in [0.1, 0.15) is 213 Å². The minimum absolute atomic E-state index is 0. The van der Waals surface area contributed by atoms with Gasteiger partial charge < -0.3 is 5.73 Å². The van der Waals surface area contributed by atoms with Crippen molar-refractivity contribution >= 4 is 17.0 Å². The molecule has 0 saturated carbocycles. The zero-order valence-electron chi connectivity index (χ0n) is 26.2. The van der Waals surface area contributed by atoms with E-state index in [1.807, 2.05) is 0 Å². The molecule has 0 fully saturated rings. The third kappa shape index (κ3) is 34.4. The van der Waals surface area contributed by atoms with Gasteiger partial charge in [-0.15, -0.1) is 17.0 Å². The monoisotopic (exact) mass is 588 g/mol. The Hall–Kier alpha value is 0.440. The molecule has 0 rings (SSSR count). The molecule has 226 valence electrons. The van der Waals surface area contributed by atoms with Crippen molar-refractivity contribution in [1.29, 1.82) is 0 Å². The molecule has 0 aromatic rings. The highest BCUT2D eigenvalue weighted by atomic mass is 79.9. The van der Waals surface area contributed by atoms with E-state index < -0.39 is 0 Å². The molecule has 0 aromatic carbocycles. The first kappa shape index (κ1) is 39.6.